The number of allylic oxidation sites excluding steroid dienone is 2. The summed E-state index contributed by atoms with van der Waals surface area (Å²) in [6, 6.07) is 9.58. The molecule has 1 aromatic carbocycles. The summed E-state index contributed by atoms with van der Waals surface area (Å²) in [5.41, 5.74) is 1.11. The first-order valence-electron chi connectivity index (χ1n) is 6.10. The summed E-state index contributed by atoms with van der Waals surface area (Å²) in [4.78, 5) is 11.5. The van der Waals surface area contributed by atoms with Gasteiger partial charge >= 0.3 is 6.16 Å². The van der Waals surface area contributed by atoms with Gasteiger partial charge in [0.05, 0.1) is 0 Å². The minimum atomic E-state index is -0.759. The second-order valence-electron chi connectivity index (χ2n) is 5.01. The maximum atomic E-state index is 11.5. The van der Waals surface area contributed by atoms with Gasteiger partial charge in [-0.2, -0.15) is 0 Å². The van der Waals surface area contributed by atoms with Gasteiger partial charge in [0.25, 0.3) is 0 Å². The number of hydrogen-bond donors (Lipinski definition) is 0. The van der Waals surface area contributed by atoms with Gasteiger partial charge in [-0.05, 0) is 32.8 Å². The topological polar surface area (TPSA) is 35.5 Å². The van der Waals surface area contributed by atoms with Crippen molar-refractivity contribution in [1.82, 2.24) is 0 Å². The highest BCUT2D eigenvalue weighted by Crippen LogP contribution is 2.18. The van der Waals surface area contributed by atoms with Crippen molar-refractivity contribution in [1.29, 1.82) is 0 Å². The fourth-order valence-electron chi connectivity index (χ4n) is 1.38. The van der Waals surface area contributed by atoms with Crippen LogP contribution in [0.5, 0.6) is 0 Å². The number of hydrogen-bond acceptors (Lipinski definition) is 3. The number of ether oxygens (including phenoxy) is 2. The molecule has 0 saturated carbocycles. The Labute approximate surface area is 114 Å². The van der Waals surface area contributed by atoms with Gasteiger partial charge in [0, 0.05) is 5.57 Å². The van der Waals surface area contributed by atoms with E-state index in [0.29, 0.717) is 6.42 Å². The van der Waals surface area contributed by atoms with E-state index in [1.165, 1.54) is 0 Å². The van der Waals surface area contributed by atoms with Crippen LogP contribution in [0.4, 0.5) is 4.79 Å². The van der Waals surface area contributed by atoms with Gasteiger partial charge in [0.2, 0.25) is 0 Å². The van der Waals surface area contributed by atoms with Crippen molar-refractivity contribution in [3.8, 4) is 0 Å². The number of carbonyl (C=O) groups excluding carboxylic acids is 1. The molecule has 3 nitrogen and oxygen atoms in total. The minimum absolute atomic E-state index is 0.562. The van der Waals surface area contributed by atoms with Gasteiger partial charge in [-0.15, -0.1) is 6.58 Å². The van der Waals surface area contributed by atoms with Crippen molar-refractivity contribution in [2.75, 3.05) is 0 Å². The van der Waals surface area contributed by atoms with Gasteiger partial charge < -0.3 is 9.47 Å². The standard InChI is InChI=1S/C16H19O3/c1-5-9-14(13-10-7-6-8-11-13)12-18-15(17)19-16(2,3)4/h5-8,10-11H,1,9H2,2-4H3. The maximum absolute atomic E-state index is 11.5. The fraction of sp³-hybridized carbons (Fsp3) is 0.312. The van der Waals surface area contributed by atoms with Crippen LogP contribution in [0.1, 0.15) is 32.8 Å². The van der Waals surface area contributed by atoms with Crippen LogP contribution in [-0.2, 0) is 9.47 Å². The smallest absolute Gasteiger partial charge is 0.428 e. The normalized spacial score (nSPS) is 11.8. The van der Waals surface area contributed by atoms with Gasteiger partial charge in [-0.3, -0.25) is 0 Å². The van der Waals surface area contributed by atoms with Gasteiger partial charge in [-0.25, -0.2) is 4.79 Å². The van der Waals surface area contributed by atoms with Crippen LogP contribution >= 0.6 is 0 Å². The molecule has 1 rings (SSSR count). The first-order valence-corrected chi connectivity index (χ1v) is 6.10. The van der Waals surface area contributed by atoms with E-state index < -0.39 is 11.8 Å². The molecule has 0 atom stereocenters. The minimum Gasteiger partial charge on any atom is -0.428 e. The summed E-state index contributed by atoms with van der Waals surface area (Å²) in [5, 5.41) is 0. The first-order chi connectivity index (χ1) is 8.92. The van der Waals surface area contributed by atoms with E-state index in [-0.39, 0.29) is 0 Å². The zero-order valence-corrected chi connectivity index (χ0v) is 11.6. The highest BCUT2D eigenvalue weighted by Gasteiger charge is 2.17. The Balaban J connectivity index is 2.75. The third kappa shape index (κ3) is 5.91. The van der Waals surface area contributed by atoms with Crippen LogP contribution in [-0.4, -0.2) is 11.8 Å². The molecule has 1 aromatic rings. The molecule has 0 spiro atoms. The van der Waals surface area contributed by atoms with Crippen molar-refractivity contribution < 1.29 is 14.3 Å². The maximum Gasteiger partial charge on any atom is 0.514 e. The van der Waals surface area contributed by atoms with E-state index in [2.05, 4.69) is 12.8 Å². The average Bonchev–Trinajstić information content (AvgIpc) is 2.33. The molecule has 0 saturated heterocycles. The van der Waals surface area contributed by atoms with Crippen LogP contribution in [0, 0.1) is 6.26 Å². The Kier molecular flexibility index (Phi) is 5.37. The summed E-state index contributed by atoms with van der Waals surface area (Å²) in [6.45, 7) is 9.01. The molecule has 0 aromatic heterocycles. The van der Waals surface area contributed by atoms with Gasteiger partial charge in [0.15, 0.2) is 6.26 Å². The van der Waals surface area contributed by atoms with E-state index in [1.54, 1.807) is 26.8 Å². The molecule has 19 heavy (non-hydrogen) atoms. The van der Waals surface area contributed by atoms with E-state index in [4.69, 9.17) is 9.47 Å². The predicted octanol–water partition coefficient (Wildman–Crippen LogP) is 4.36. The molecular weight excluding hydrogens is 240 g/mol. The highest BCUT2D eigenvalue weighted by molar-refractivity contribution is 5.67. The Morgan fingerprint density at radius 1 is 1.32 bits per heavy atom. The molecule has 0 aliphatic rings. The van der Waals surface area contributed by atoms with Crippen LogP contribution in [0.2, 0.25) is 0 Å². The molecular formula is C16H19O3. The lowest BCUT2D eigenvalue weighted by Crippen LogP contribution is -2.23. The SMILES string of the molecule is C=CC/C(=[C]/OC(=O)OC(C)(C)C)c1ccccc1. The Morgan fingerprint density at radius 3 is 2.47 bits per heavy atom. The molecule has 0 fully saturated rings. The third-order valence-corrected chi connectivity index (χ3v) is 2.12. The number of benzene rings is 1. The monoisotopic (exact) mass is 259 g/mol. The number of rotatable bonds is 4. The van der Waals surface area contributed by atoms with Crippen molar-refractivity contribution in [3.63, 3.8) is 0 Å². The third-order valence-electron chi connectivity index (χ3n) is 2.12. The van der Waals surface area contributed by atoms with Crippen LogP contribution in [0.15, 0.2) is 43.0 Å². The molecule has 0 aliphatic carbocycles. The van der Waals surface area contributed by atoms with Crippen LogP contribution in [0.25, 0.3) is 5.57 Å². The summed E-state index contributed by atoms with van der Waals surface area (Å²) in [5.74, 6) is 0. The molecule has 3 heteroatoms. The summed E-state index contributed by atoms with van der Waals surface area (Å²) < 4.78 is 9.93. The lowest BCUT2D eigenvalue weighted by molar-refractivity contribution is 0.00833. The van der Waals surface area contributed by atoms with E-state index in [0.717, 1.165) is 11.1 Å². The molecule has 0 bridgehead atoms. The first kappa shape index (κ1) is 15.0. The van der Waals surface area contributed by atoms with Crippen molar-refractivity contribution in [2.45, 2.75) is 32.8 Å². The van der Waals surface area contributed by atoms with Crippen LogP contribution in [0.3, 0.4) is 0 Å². The molecule has 0 N–H and O–H groups in total. The number of carbonyl (C=O) groups is 1. The van der Waals surface area contributed by atoms with Crippen LogP contribution < -0.4 is 0 Å². The van der Waals surface area contributed by atoms with Crippen molar-refractivity contribution in [3.05, 3.63) is 54.8 Å². The molecule has 0 aliphatic heterocycles. The zero-order valence-electron chi connectivity index (χ0n) is 11.6. The van der Waals surface area contributed by atoms with E-state index in [9.17, 15) is 4.79 Å². The quantitative estimate of drug-likeness (QED) is 0.458. The average molecular weight is 259 g/mol. The van der Waals surface area contributed by atoms with E-state index >= 15 is 0 Å². The van der Waals surface area contributed by atoms with Crippen molar-refractivity contribution in [2.24, 2.45) is 0 Å². The molecule has 0 unspecified atom stereocenters. The largest absolute Gasteiger partial charge is 0.514 e. The molecule has 101 valence electrons. The summed E-state index contributed by atoms with van der Waals surface area (Å²) >= 11 is 0. The Hall–Kier alpha value is -2.03. The zero-order chi connectivity index (χ0) is 14.3. The molecule has 0 amide bonds. The Bertz CT molecular complexity index is 453. The summed E-state index contributed by atoms with van der Waals surface area (Å²) in [7, 11) is 0. The lowest BCUT2D eigenvalue weighted by Gasteiger charge is -2.17. The van der Waals surface area contributed by atoms with Gasteiger partial charge in [-0.1, -0.05) is 36.4 Å². The predicted molar refractivity (Wildman–Crippen MR) is 75.2 cm³/mol. The second kappa shape index (κ2) is 6.78. The van der Waals surface area contributed by atoms with Gasteiger partial charge in [0.1, 0.15) is 5.60 Å². The summed E-state index contributed by atoms with van der Waals surface area (Å²) in [6.07, 6.45) is 4.16. The Morgan fingerprint density at radius 2 is 1.95 bits per heavy atom. The fourth-order valence-corrected chi connectivity index (χ4v) is 1.38. The second-order valence-corrected chi connectivity index (χ2v) is 5.01. The van der Waals surface area contributed by atoms with E-state index in [1.807, 2.05) is 30.3 Å². The molecule has 1 radical (unpaired) electrons. The lowest BCUT2D eigenvalue weighted by atomic mass is 10.0. The molecule has 0 heterocycles. The van der Waals surface area contributed by atoms with Crippen molar-refractivity contribution >= 4 is 11.7 Å². The highest BCUT2D eigenvalue weighted by atomic mass is 16.7.